The van der Waals surface area contributed by atoms with Crippen LogP contribution in [0.2, 0.25) is 0 Å². The SMILES string of the molecule is Cc1ccc(-c2nc(-c3nc4ccccc4s3)c(O)o2)cc1. The van der Waals surface area contributed by atoms with Crippen LogP contribution in [-0.2, 0) is 0 Å². The molecule has 0 aliphatic rings. The van der Waals surface area contributed by atoms with Gasteiger partial charge in [-0.3, -0.25) is 0 Å². The van der Waals surface area contributed by atoms with Crippen molar-refractivity contribution in [3.8, 4) is 28.1 Å². The van der Waals surface area contributed by atoms with Crippen molar-refractivity contribution in [1.29, 1.82) is 0 Å². The fourth-order valence-electron chi connectivity index (χ4n) is 2.24. The van der Waals surface area contributed by atoms with E-state index in [1.165, 1.54) is 11.3 Å². The third-order valence-corrected chi connectivity index (χ3v) is 4.45. The number of nitrogens with zero attached hydrogens (tertiary/aromatic N) is 2. The van der Waals surface area contributed by atoms with E-state index in [0.29, 0.717) is 16.6 Å². The number of hydrogen-bond acceptors (Lipinski definition) is 5. The highest BCUT2D eigenvalue weighted by molar-refractivity contribution is 7.21. The molecule has 0 atom stereocenters. The van der Waals surface area contributed by atoms with Crippen molar-refractivity contribution < 1.29 is 9.52 Å². The first kappa shape index (κ1) is 13.0. The maximum absolute atomic E-state index is 10.1. The van der Waals surface area contributed by atoms with Crippen LogP contribution in [0, 0.1) is 6.92 Å². The molecule has 0 fully saturated rings. The number of para-hydroxylation sites is 1. The minimum atomic E-state index is -0.199. The van der Waals surface area contributed by atoms with Crippen molar-refractivity contribution in [2.45, 2.75) is 6.92 Å². The average molecular weight is 308 g/mol. The molecule has 0 aliphatic carbocycles. The smallest absolute Gasteiger partial charge is 0.313 e. The zero-order chi connectivity index (χ0) is 15.1. The van der Waals surface area contributed by atoms with Crippen LogP contribution in [0.15, 0.2) is 52.9 Å². The van der Waals surface area contributed by atoms with Gasteiger partial charge < -0.3 is 9.52 Å². The summed E-state index contributed by atoms with van der Waals surface area (Å²) in [5.74, 6) is 0.196. The molecule has 108 valence electrons. The molecule has 0 unspecified atom stereocenters. The van der Waals surface area contributed by atoms with E-state index in [2.05, 4.69) is 9.97 Å². The van der Waals surface area contributed by atoms with Gasteiger partial charge in [0.2, 0.25) is 5.89 Å². The van der Waals surface area contributed by atoms with Crippen molar-refractivity contribution in [2.75, 3.05) is 0 Å². The Hall–Kier alpha value is -2.66. The molecule has 2 aromatic carbocycles. The highest BCUT2D eigenvalue weighted by Gasteiger charge is 2.19. The second kappa shape index (κ2) is 4.96. The van der Waals surface area contributed by atoms with Crippen LogP contribution in [-0.4, -0.2) is 15.1 Å². The number of thiazole rings is 1. The lowest BCUT2D eigenvalue weighted by atomic mass is 10.1. The van der Waals surface area contributed by atoms with Gasteiger partial charge in [-0.25, -0.2) is 9.97 Å². The molecule has 0 saturated carbocycles. The summed E-state index contributed by atoms with van der Waals surface area (Å²) >= 11 is 1.48. The van der Waals surface area contributed by atoms with Gasteiger partial charge in [0.05, 0.1) is 10.2 Å². The van der Waals surface area contributed by atoms with E-state index in [1.54, 1.807) is 0 Å². The van der Waals surface area contributed by atoms with E-state index < -0.39 is 0 Å². The lowest BCUT2D eigenvalue weighted by molar-refractivity contribution is 0.339. The number of oxazole rings is 1. The summed E-state index contributed by atoms with van der Waals surface area (Å²) in [7, 11) is 0. The van der Waals surface area contributed by atoms with E-state index in [9.17, 15) is 5.11 Å². The Morgan fingerprint density at radius 1 is 1.00 bits per heavy atom. The minimum absolute atomic E-state index is 0.199. The van der Waals surface area contributed by atoms with E-state index in [4.69, 9.17) is 4.42 Å². The number of benzene rings is 2. The van der Waals surface area contributed by atoms with Gasteiger partial charge in [0, 0.05) is 5.56 Å². The summed E-state index contributed by atoms with van der Waals surface area (Å²) < 4.78 is 6.45. The van der Waals surface area contributed by atoms with Crippen molar-refractivity contribution in [1.82, 2.24) is 9.97 Å². The average Bonchev–Trinajstić information content (AvgIpc) is 3.11. The lowest BCUT2D eigenvalue weighted by Gasteiger charge is -1.95. The molecule has 0 saturated heterocycles. The third-order valence-electron chi connectivity index (χ3n) is 3.40. The molecule has 22 heavy (non-hydrogen) atoms. The van der Waals surface area contributed by atoms with E-state index in [-0.39, 0.29) is 5.95 Å². The molecule has 4 nitrogen and oxygen atoms in total. The van der Waals surface area contributed by atoms with Crippen LogP contribution >= 0.6 is 11.3 Å². The maximum atomic E-state index is 10.1. The molecular formula is C17H12N2O2S. The van der Waals surface area contributed by atoms with Crippen molar-refractivity contribution in [3.63, 3.8) is 0 Å². The predicted molar refractivity (Wildman–Crippen MR) is 87.0 cm³/mol. The Morgan fingerprint density at radius 2 is 1.77 bits per heavy atom. The number of hydrogen-bond donors (Lipinski definition) is 1. The Bertz CT molecular complexity index is 921. The summed E-state index contributed by atoms with van der Waals surface area (Å²) in [6.07, 6.45) is 0. The highest BCUT2D eigenvalue weighted by atomic mass is 32.1. The van der Waals surface area contributed by atoms with E-state index in [0.717, 1.165) is 21.3 Å². The molecule has 4 rings (SSSR count). The van der Waals surface area contributed by atoms with Crippen molar-refractivity contribution in [2.24, 2.45) is 0 Å². The summed E-state index contributed by atoms with van der Waals surface area (Å²) in [6.45, 7) is 2.02. The van der Waals surface area contributed by atoms with Gasteiger partial charge >= 0.3 is 5.95 Å². The molecule has 0 bridgehead atoms. The summed E-state index contributed by atoms with van der Waals surface area (Å²) in [6, 6.07) is 15.6. The zero-order valence-corrected chi connectivity index (χ0v) is 12.6. The van der Waals surface area contributed by atoms with Crippen LogP contribution in [0.1, 0.15) is 5.56 Å². The summed E-state index contributed by atoms with van der Waals surface area (Å²) in [5, 5.41) is 10.7. The standard InChI is InChI=1S/C17H12N2O2S/c1-10-6-8-11(9-7-10)15-19-14(17(20)21-15)16-18-12-4-2-3-5-13(12)22-16/h2-9,20H,1H3. The Kier molecular flexibility index (Phi) is 2.94. The summed E-state index contributed by atoms with van der Waals surface area (Å²) in [5.41, 5.74) is 3.26. The summed E-state index contributed by atoms with van der Waals surface area (Å²) in [4.78, 5) is 8.91. The molecule has 0 aliphatic heterocycles. The van der Waals surface area contributed by atoms with Crippen molar-refractivity contribution >= 4 is 21.6 Å². The predicted octanol–water partition coefficient (Wildman–Crippen LogP) is 4.63. The quantitative estimate of drug-likeness (QED) is 0.586. The molecular weight excluding hydrogens is 296 g/mol. The normalized spacial score (nSPS) is 11.1. The first-order valence-electron chi connectivity index (χ1n) is 6.83. The topological polar surface area (TPSA) is 59.2 Å². The Labute approximate surface area is 130 Å². The van der Waals surface area contributed by atoms with Crippen molar-refractivity contribution in [3.05, 3.63) is 54.1 Å². The molecule has 0 amide bonds. The van der Waals surface area contributed by atoms with Crippen LogP contribution in [0.3, 0.4) is 0 Å². The van der Waals surface area contributed by atoms with Gasteiger partial charge in [-0.2, -0.15) is 0 Å². The second-order valence-electron chi connectivity index (χ2n) is 5.03. The number of aromatic nitrogens is 2. The number of aryl methyl sites for hydroxylation is 1. The zero-order valence-electron chi connectivity index (χ0n) is 11.8. The van der Waals surface area contributed by atoms with E-state index in [1.807, 2.05) is 55.5 Å². The largest absolute Gasteiger partial charge is 0.479 e. The number of rotatable bonds is 2. The molecule has 5 heteroatoms. The van der Waals surface area contributed by atoms with Crippen LogP contribution in [0.25, 0.3) is 32.4 Å². The second-order valence-corrected chi connectivity index (χ2v) is 6.06. The van der Waals surface area contributed by atoms with Crippen LogP contribution < -0.4 is 0 Å². The van der Waals surface area contributed by atoms with Gasteiger partial charge in [-0.05, 0) is 31.2 Å². The number of fused-ring (bicyclic) bond motifs is 1. The molecule has 1 N–H and O–H groups in total. The molecule has 0 radical (unpaired) electrons. The first-order chi connectivity index (χ1) is 10.7. The van der Waals surface area contributed by atoms with Gasteiger partial charge in [0.25, 0.3) is 0 Å². The molecule has 0 spiro atoms. The van der Waals surface area contributed by atoms with Crippen LogP contribution in [0.4, 0.5) is 0 Å². The maximum Gasteiger partial charge on any atom is 0.313 e. The van der Waals surface area contributed by atoms with Gasteiger partial charge in [0.1, 0.15) is 0 Å². The minimum Gasteiger partial charge on any atom is -0.479 e. The third kappa shape index (κ3) is 2.16. The highest BCUT2D eigenvalue weighted by Crippen LogP contribution is 2.37. The van der Waals surface area contributed by atoms with Gasteiger partial charge in [-0.15, -0.1) is 11.3 Å². The number of aromatic hydroxyl groups is 1. The Morgan fingerprint density at radius 3 is 2.55 bits per heavy atom. The molecule has 2 heterocycles. The Balaban J connectivity index is 1.81. The molecule has 2 aromatic heterocycles. The fourth-order valence-corrected chi connectivity index (χ4v) is 3.19. The molecule has 4 aromatic rings. The monoisotopic (exact) mass is 308 g/mol. The van der Waals surface area contributed by atoms with E-state index >= 15 is 0 Å². The first-order valence-corrected chi connectivity index (χ1v) is 7.65. The van der Waals surface area contributed by atoms with Crippen LogP contribution in [0.5, 0.6) is 5.95 Å². The van der Waals surface area contributed by atoms with Gasteiger partial charge in [-0.1, -0.05) is 29.8 Å². The fraction of sp³-hybridized carbons (Fsp3) is 0.0588. The lowest BCUT2D eigenvalue weighted by Crippen LogP contribution is -1.80. The van der Waals surface area contributed by atoms with Gasteiger partial charge in [0.15, 0.2) is 10.7 Å².